The highest BCUT2D eigenvalue weighted by atomic mass is 32.2. The van der Waals surface area contributed by atoms with Crippen LogP contribution in [-0.4, -0.2) is 21.0 Å². The molecule has 0 N–H and O–H groups in total. The Labute approximate surface area is 148 Å². The van der Waals surface area contributed by atoms with E-state index in [1.54, 1.807) is 29.3 Å². The Morgan fingerprint density at radius 1 is 1.08 bits per heavy atom. The summed E-state index contributed by atoms with van der Waals surface area (Å²) in [4.78, 5) is 8.29. The first-order valence-corrected chi connectivity index (χ1v) is 9.63. The van der Waals surface area contributed by atoms with Crippen LogP contribution >= 0.6 is 23.1 Å². The van der Waals surface area contributed by atoms with Crippen molar-refractivity contribution < 1.29 is 0 Å². The third-order valence-electron chi connectivity index (χ3n) is 3.73. The highest BCUT2D eigenvalue weighted by molar-refractivity contribution is 7.98. The van der Waals surface area contributed by atoms with Crippen LogP contribution in [0.15, 0.2) is 71.9 Å². The molecule has 2 aromatic heterocycles. The molecule has 0 spiro atoms. The third-order valence-corrected chi connectivity index (χ3v) is 5.58. The Kier molecular flexibility index (Phi) is 4.23. The van der Waals surface area contributed by atoms with E-state index in [0.29, 0.717) is 6.67 Å². The number of para-hydroxylation sites is 2. The monoisotopic (exact) mass is 352 g/mol. The standard InChI is InChI=1S/C18H16N4S2/c1-23-17-10-5-3-8-15(17)22(13-21-12-6-11-19-21)18-20-14-7-2-4-9-16(14)24-18/h2-12H,13H2,1H3. The van der Waals surface area contributed by atoms with Gasteiger partial charge in [0, 0.05) is 17.3 Å². The lowest BCUT2D eigenvalue weighted by molar-refractivity contribution is 0.621. The maximum Gasteiger partial charge on any atom is 0.192 e. The minimum atomic E-state index is 0.629. The van der Waals surface area contributed by atoms with Gasteiger partial charge < -0.3 is 0 Å². The second kappa shape index (κ2) is 6.67. The van der Waals surface area contributed by atoms with E-state index in [9.17, 15) is 0 Å². The van der Waals surface area contributed by atoms with E-state index in [1.807, 2.05) is 23.0 Å². The lowest BCUT2D eigenvalue weighted by Gasteiger charge is -2.24. The van der Waals surface area contributed by atoms with Gasteiger partial charge in [-0.2, -0.15) is 5.10 Å². The van der Waals surface area contributed by atoms with Gasteiger partial charge in [-0.1, -0.05) is 35.6 Å². The van der Waals surface area contributed by atoms with Crippen LogP contribution in [0.1, 0.15) is 0 Å². The molecule has 0 aliphatic heterocycles. The highest BCUT2D eigenvalue weighted by Gasteiger charge is 2.17. The maximum atomic E-state index is 4.84. The predicted molar refractivity (Wildman–Crippen MR) is 102 cm³/mol. The third kappa shape index (κ3) is 2.90. The topological polar surface area (TPSA) is 34.0 Å². The van der Waals surface area contributed by atoms with Gasteiger partial charge in [0.1, 0.15) is 6.67 Å². The first-order chi connectivity index (χ1) is 11.8. The van der Waals surface area contributed by atoms with Crippen molar-refractivity contribution in [1.29, 1.82) is 0 Å². The fourth-order valence-electron chi connectivity index (χ4n) is 2.60. The van der Waals surface area contributed by atoms with Gasteiger partial charge in [-0.15, -0.1) is 11.8 Å². The van der Waals surface area contributed by atoms with Crippen LogP contribution in [0.5, 0.6) is 0 Å². The van der Waals surface area contributed by atoms with E-state index >= 15 is 0 Å². The van der Waals surface area contributed by atoms with Gasteiger partial charge in [-0.25, -0.2) is 4.98 Å². The van der Waals surface area contributed by atoms with Crippen molar-refractivity contribution in [3.63, 3.8) is 0 Å². The Bertz CT molecular complexity index is 913. The molecule has 6 heteroatoms. The fourth-order valence-corrected chi connectivity index (χ4v) is 4.17. The number of nitrogens with zero attached hydrogens (tertiary/aromatic N) is 4. The fraction of sp³-hybridized carbons (Fsp3) is 0.111. The predicted octanol–water partition coefficient (Wildman–Crippen LogP) is 5.01. The van der Waals surface area contributed by atoms with Crippen LogP contribution < -0.4 is 4.90 Å². The summed E-state index contributed by atoms with van der Waals surface area (Å²) in [5.41, 5.74) is 2.18. The molecule has 0 fully saturated rings. The number of hydrogen-bond donors (Lipinski definition) is 0. The molecule has 0 atom stereocenters. The smallest absolute Gasteiger partial charge is 0.192 e. The SMILES string of the molecule is CSc1ccccc1N(Cn1cccn1)c1nc2ccccc2s1. The Hall–Kier alpha value is -2.31. The minimum Gasteiger partial charge on any atom is -0.297 e. The van der Waals surface area contributed by atoms with Crippen molar-refractivity contribution in [1.82, 2.24) is 14.8 Å². The zero-order valence-electron chi connectivity index (χ0n) is 13.2. The van der Waals surface area contributed by atoms with E-state index in [2.05, 4.69) is 58.7 Å². The molecule has 4 rings (SSSR count). The number of anilines is 2. The van der Waals surface area contributed by atoms with Crippen LogP contribution in [0.4, 0.5) is 10.8 Å². The van der Waals surface area contributed by atoms with Crippen molar-refractivity contribution in [2.45, 2.75) is 11.6 Å². The molecule has 24 heavy (non-hydrogen) atoms. The molecule has 0 unspecified atom stereocenters. The minimum absolute atomic E-state index is 0.629. The highest BCUT2D eigenvalue weighted by Crippen LogP contribution is 2.37. The number of benzene rings is 2. The molecular weight excluding hydrogens is 336 g/mol. The number of aromatic nitrogens is 3. The molecule has 0 aliphatic carbocycles. The molecule has 0 radical (unpaired) electrons. The van der Waals surface area contributed by atoms with Crippen LogP contribution in [0.25, 0.3) is 10.2 Å². The molecule has 0 bridgehead atoms. The Balaban J connectivity index is 1.83. The van der Waals surface area contributed by atoms with Gasteiger partial charge in [0.25, 0.3) is 0 Å². The molecule has 2 aromatic carbocycles. The summed E-state index contributed by atoms with van der Waals surface area (Å²) in [6.07, 6.45) is 5.88. The lowest BCUT2D eigenvalue weighted by Crippen LogP contribution is -2.21. The summed E-state index contributed by atoms with van der Waals surface area (Å²) < 4.78 is 3.11. The second-order valence-corrected chi connectivity index (χ2v) is 7.11. The van der Waals surface area contributed by atoms with Crippen molar-refractivity contribution >= 4 is 44.1 Å². The molecule has 0 amide bonds. The second-order valence-electron chi connectivity index (χ2n) is 5.25. The van der Waals surface area contributed by atoms with E-state index in [-0.39, 0.29) is 0 Å². The average Bonchev–Trinajstić information content (AvgIpc) is 3.28. The zero-order valence-corrected chi connectivity index (χ0v) is 14.8. The molecule has 0 saturated carbocycles. The first-order valence-electron chi connectivity index (χ1n) is 7.59. The van der Waals surface area contributed by atoms with Crippen LogP contribution in [0.3, 0.4) is 0 Å². The molecular formula is C18H16N4S2. The normalized spacial score (nSPS) is 11.0. The van der Waals surface area contributed by atoms with E-state index in [1.165, 1.54) is 9.60 Å². The van der Waals surface area contributed by atoms with Crippen LogP contribution in [-0.2, 0) is 6.67 Å². The van der Waals surface area contributed by atoms with Gasteiger partial charge in [-0.05, 0) is 36.6 Å². The molecule has 0 aliphatic rings. The van der Waals surface area contributed by atoms with E-state index < -0.39 is 0 Å². The van der Waals surface area contributed by atoms with E-state index in [4.69, 9.17) is 4.98 Å². The summed E-state index contributed by atoms with van der Waals surface area (Å²) in [6, 6.07) is 18.6. The molecule has 4 aromatic rings. The first kappa shape index (κ1) is 15.2. The summed E-state index contributed by atoms with van der Waals surface area (Å²) in [5.74, 6) is 0. The molecule has 4 nitrogen and oxygen atoms in total. The summed E-state index contributed by atoms with van der Waals surface area (Å²) in [7, 11) is 0. The summed E-state index contributed by atoms with van der Waals surface area (Å²) in [6.45, 7) is 0.629. The van der Waals surface area contributed by atoms with E-state index in [0.717, 1.165) is 16.3 Å². The van der Waals surface area contributed by atoms with Gasteiger partial charge in [-0.3, -0.25) is 9.58 Å². The number of rotatable bonds is 5. The van der Waals surface area contributed by atoms with Crippen molar-refractivity contribution in [3.8, 4) is 0 Å². The van der Waals surface area contributed by atoms with Crippen molar-refractivity contribution in [2.24, 2.45) is 0 Å². The summed E-state index contributed by atoms with van der Waals surface area (Å²) >= 11 is 3.45. The number of fused-ring (bicyclic) bond motifs is 1. The van der Waals surface area contributed by atoms with Gasteiger partial charge in [0.15, 0.2) is 5.13 Å². The number of hydrogen-bond acceptors (Lipinski definition) is 5. The average molecular weight is 352 g/mol. The summed E-state index contributed by atoms with van der Waals surface area (Å²) in [5, 5.41) is 5.34. The number of thioether (sulfide) groups is 1. The number of thiazole rings is 1. The Morgan fingerprint density at radius 3 is 2.71 bits per heavy atom. The van der Waals surface area contributed by atoms with Gasteiger partial charge in [0.05, 0.1) is 15.9 Å². The van der Waals surface area contributed by atoms with Gasteiger partial charge >= 0.3 is 0 Å². The van der Waals surface area contributed by atoms with Crippen molar-refractivity contribution in [3.05, 3.63) is 67.0 Å². The quantitative estimate of drug-likeness (QED) is 0.473. The van der Waals surface area contributed by atoms with Crippen LogP contribution in [0.2, 0.25) is 0 Å². The zero-order chi connectivity index (χ0) is 16.4. The molecule has 2 heterocycles. The van der Waals surface area contributed by atoms with Crippen molar-refractivity contribution in [2.75, 3.05) is 11.2 Å². The van der Waals surface area contributed by atoms with Gasteiger partial charge in [0.2, 0.25) is 0 Å². The molecule has 120 valence electrons. The van der Waals surface area contributed by atoms with Crippen LogP contribution in [0, 0.1) is 0 Å². The Morgan fingerprint density at radius 2 is 1.92 bits per heavy atom. The lowest BCUT2D eigenvalue weighted by atomic mass is 10.3. The maximum absolute atomic E-state index is 4.84. The largest absolute Gasteiger partial charge is 0.297 e. The molecule has 0 saturated heterocycles.